The number of aromatic amines is 1. The minimum Gasteiger partial charge on any atom is -0.494 e. The van der Waals surface area contributed by atoms with Crippen molar-refractivity contribution >= 4 is 22.5 Å². The van der Waals surface area contributed by atoms with Crippen LogP contribution in [-0.4, -0.2) is 22.7 Å². The van der Waals surface area contributed by atoms with Gasteiger partial charge in [0.2, 0.25) is 0 Å². The first-order valence-corrected chi connectivity index (χ1v) is 8.73. The number of hydrogen-bond donors (Lipinski definition) is 2. The second-order valence-electron chi connectivity index (χ2n) is 6.06. The van der Waals surface area contributed by atoms with Crippen LogP contribution in [0.5, 0.6) is 5.75 Å². The number of unbranched alkanes of at least 4 members (excludes halogenated alkanes) is 3. The maximum atomic E-state index is 12.4. The Morgan fingerprint density at radius 2 is 1.96 bits per heavy atom. The van der Waals surface area contributed by atoms with Crippen molar-refractivity contribution in [2.24, 2.45) is 0 Å². The molecule has 3 rings (SSSR count). The van der Waals surface area contributed by atoms with Crippen LogP contribution in [0.3, 0.4) is 0 Å². The number of fused-ring (bicyclic) bond motifs is 1. The van der Waals surface area contributed by atoms with Crippen molar-refractivity contribution in [3.8, 4) is 5.75 Å². The molecule has 0 radical (unpaired) electrons. The van der Waals surface area contributed by atoms with Crippen molar-refractivity contribution in [3.63, 3.8) is 0 Å². The Kier molecular flexibility index (Phi) is 5.67. The third-order valence-electron chi connectivity index (χ3n) is 4.08. The van der Waals surface area contributed by atoms with Gasteiger partial charge in [-0.1, -0.05) is 26.2 Å². The number of ether oxygens (including phenoxy) is 1. The molecule has 0 saturated heterocycles. The summed E-state index contributed by atoms with van der Waals surface area (Å²) < 4.78 is 5.70. The van der Waals surface area contributed by atoms with E-state index in [1.54, 1.807) is 18.3 Å². The SMILES string of the molecule is CCCCCCOc1ccc(C(=O)Nc2ccc3[nH]ncc3c2)cc1. The van der Waals surface area contributed by atoms with Crippen LogP contribution in [0.25, 0.3) is 10.9 Å². The fourth-order valence-electron chi connectivity index (χ4n) is 2.65. The summed E-state index contributed by atoms with van der Waals surface area (Å²) in [6, 6.07) is 12.9. The highest BCUT2D eigenvalue weighted by atomic mass is 16.5. The zero-order valence-corrected chi connectivity index (χ0v) is 14.4. The number of H-pyrrole nitrogens is 1. The molecule has 0 aliphatic rings. The molecule has 2 N–H and O–H groups in total. The Bertz CT molecular complexity index is 824. The molecule has 0 bridgehead atoms. The summed E-state index contributed by atoms with van der Waals surface area (Å²) in [7, 11) is 0. The van der Waals surface area contributed by atoms with Gasteiger partial charge >= 0.3 is 0 Å². The van der Waals surface area contributed by atoms with Crippen LogP contribution in [0.15, 0.2) is 48.7 Å². The summed E-state index contributed by atoms with van der Waals surface area (Å²) in [5.74, 6) is 0.658. The Morgan fingerprint density at radius 1 is 1.12 bits per heavy atom. The van der Waals surface area contributed by atoms with E-state index in [9.17, 15) is 4.79 Å². The lowest BCUT2D eigenvalue weighted by Crippen LogP contribution is -2.11. The van der Waals surface area contributed by atoms with Crippen LogP contribution in [0.2, 0.25) is 0 Å². The molecule has 0 atom stereocenters. The van der Waals surface area contributed by atoms with E-state index in [1.165, 1.54) is 19.3 Å². The molecule has 25 heavy (non-hydrogen) atoms. The maximum absolute atomic E-state index is 12.4. The zero-order valence-electron chi connectivity index (χ0n) is 14.4. The molecule has 130 valence electrons. The number of amides is 1. The summed E-state index contributed by atoms with van der Waals surface area (Å²) in [6.07, 6.45) is 6.45. The molecule has 1 amide bonds. The van der Waals surface area contributed by atoms with Crippen LogP contribution in [0, 0.1) is 0 Å². The molecule has 3 aromatic rings. The number of rotatable bonds is 8. The third-order valence-corrected chi connectivity index (χ3v) is 4.08. The molecule has 5 nitrogen and oxygen atoms in total. The Hall–Kier alpha value is -2.82. The van der Waals surface area contributed by atoms with Gasteiger partial charge in [0.05, 0.1) is 18.3 Å². The lowest BCUT2D eigenvalue weighted by Gasteiger charge is -2.08. The highest BCUT2D eigenvalue weighted by Gasteiger charge is 2.07. The van der Waals surface area contributed by atoms with Gasteiger partial charge in [-0.25, -0.2) is 0 Å². The van der Waals surface area contributed by atoms with Crippen molar-refractivity contribution in [2.75, 3.05) is 11.9 Å². The van der Waals surface area contributed by atoms with Crippen LogP contribution < -0.4 is 10.1 Å². The van der Waals surface area contributed by atoms with Crippen LogP contribution in [-0.2, 0) is 0 Å². The van der Waals surface area contributed by atoms with Gasteiger partial charge in [-0.05, 0) is 48.9 Å². The highest BCUT2D eigenvalue weighted by molar-refractivity contribution is 6.05. The van der Waals surface area contributed by atoms with Crippen molar-refractivity contribution in [2.45, 2.75) is 32.6 Å². The normalized spacial score (nSPS) is 10.8. The van der Waals surface area contributed by atoms with Crippen LogP contribution >= 0.6 is 0 Å². The number of benzene rings is 2. The summed E-state index contributed by atoms with van der Waals surface area (Å²) in [5, 5.41) is 10.7. The predicted molar refractivity (Wildman–Crippen MR) is 100 cm³/mol. The first-order chi connectivity index (χ1) is 12.3. The molecule has 0 aliphatic carbocycles. The smallest absolute Gasteiger partial charge is 0.255 e. The molecule has 0 spiro atoms. The second-order valence-corrected chi connectivity index (χ2v) is 6.06. The summed E-state index contributed by atoms with van der Waals surface area (Å²) >= 11 is 0. The number of aromatic nitrogens is 2. The standard InChI is InChI=1S/C20H23N3O2/c1-2-3-4-5-12-25-18-9-6-15(7-10-18)20(24)22-17-8-11-19-16(13-17)14-21-23-19/h6-11,13-14H,2-5,12H2,1H3,(H,21,23)(H,22,24). The molecule has 1 aromatic heterocycles. The quantitative estimate of drug-likeness (QED) is 0.582. The van der Waals surface area contributed by atoms with E-state index in [0.717, 1.165) is 35.4 Å². The van der Waals surface area contributed by atoms with Gasteiger partial charge in [-0.15, -0.1) is 0 Å². The average molecular weight is 337 g/mol. The summed E-state index contributed by atoms with van der Waals surface area (Å²) in [4.78, 5) is 12.4. The minimum atomic E-state index is -0.141. The fraction of sp³-hybridized carbons (Fsp3) is 0.300. The number of nitrogens with zero attached hydrogens (tertiary/aromatic N) is 1. The van der Waals surface area contributed by atoms with Crippen molar-refractivity contribution < 1.29 is 9.53 Å². The highest BCUT2D eigenvalue weighted by Crippen LogP contribution is 2.18. The monoisotopic (exact) mass is 337 g/mol. The topological polar surface area (TPSA) is 67.0 Å². The van der Waals surface area contributed by atoms with E-state index in [4.69, 9.17) is 4.74 Å². The van der Waals surface area contributed by atoms with Crippen molar-refractivity contribution in [1.29, 1.82) is 0 Å². The minimum absolute atomic E-state index is 0.141. The Labute approximate surface area is 147 Å². The predicted octanol–water partition coefficient (Wildman–Crippen LogP) is 4.77. The molecule has 0 unspecified atom stereocenters. The third kappa shape index (κ3) is 4.59. The molecule has 0 saturated carbocycles. The maximum Gasteiger partial charge on any atom is 0.255 e. The number of hydrogen-bond acceptors (Lipinski definition) is 3. The lowest BCUT2D eigenvalue weighted by atomic mass is 10.2. The van der Waals surface area contributed by atoms with E-state index in [0.29, 0.717) is 5.56 Å². The molecule has 2 aromatic carbocycles. The molecule has 0 fully saturated rings. The van der Waals surface area contributed by atoms with Crippen molar-refractivity contribution in [1.82, 2.24) is 10.2 Å². The van der Waals surface area contributed by atoms with Gasteiger partial charge < -0.3 is 10.1 Å². The van der Waals surface area contributed by atoms with Crippen LogP contribution in [0.1, 0.15) is 43.0 Å². The van der Waals surface area contributed by atoms with Gasteiger partial charge in [-0.3, -0.25) is 9.89 Å². The van der Waals surface area contributed by atoms with Gasteiger partial charge in [0.15, 0.2) is 0 Å². The number of anilines is 1. The van der Waals surface area contributed by atoms with Gasteiger partial charge in [0, 0.05) is 16.6 Å². The second kappa shape index (κ2) is 8.33. The van der Waals surface area contributed by atoms with Gasteiger partial charge in [0.25, 0.3) is 5.91 Å². The first-order valence-electron chi connectivity index (χ1n) is 8.73. The van der Waals surface area contributed by atoms with Gasteiger partial charge in [0.1, 0.15) is 5.75 Å². The number of carbonyl (C=O) groups excluding carboxylic acids is 1. The van der Waals surface area contributed by atoms with E-state index in [2.05, 4.69) is 22.4 Å². The van der Waals surface area contributed by atoms with Crippen molar-refractivity contribution in [3.05, 3.63) is 54.2 Å². The Morgan fingerprint density at radius 3 is 2.76 bits per heavy atom. The number of carbonyl (C=O) groups is 1. The summed E-state index contributed by atoms with van der Waals surface area (Å²) in [5.41, 5.74) is 2.29. The lowest BCUT2D eigenvalue weighted by molar-refractivity contribution is 0.102. The van der Waals surface area contributed by atoms with E-state index in [1.807, 2.05) is 30.3 Å². The fourth-order valence-corrected chi connectivity index (χ4v) is 2.65. The molecular formula is C20H23N3O2. The number of nitrogens with one attached hydrogen (secondary N) is 2. The Balaban J connectivity index is 1.55. The average Bonchev–Trinajstić information content (AvgIpc) is 3.10. The molecular weight excluding hydrogens is 314 g/mol. The van der Waals surface area contributed by atoms with Gasteiger partial charge in [-0.2, -0.15) is 5.10 Å². The molecule has 5 heteroatoms. The first kappa shape index (κ1) is 17.0. The zero-order chi connectivity index (χ0) is 17.5. The van der Waals surface area contributed by atoms with Crippen LogP contribution in [0.4, 0.5) is 5.69 Å². The largest absolute Gasteiger partial charge is 0.494 e. The van der Waals surface area contributed by atoms with E-state index >= 15 is 0 Å². The van der Waals surface area contributed by atoms with E-state index in [-0.39, 0.29) is 5.91 Å². The molecule has 1 heterocycles. The molecule has 0 aliphatic heterocycles. The summed E-state index contributed by atoms with van der Waals surface area (Å²) in [6.45, 7) is 2.91. The van der Waals surface area contributed by atoms with E-state index < -0.39 is 0 Å².